The van der Waals surface area contributed by atoms with E-state index in [9.17, 15) is 9.90 Å². The third kappa shape index (κ3) is 2.88. The fourth-order valence-corrected chi connectivity index (χ4v) is 3.18. The summed E-state index contributed by atoms with van der Waals surface area (Å²) in [5.74, 6) is -0.191. The van der Waals surface area contributed by atoms with Crippen LogP contribution in [0.2, 0.25) is 0 Å². The average Bonchev–Trinajstić information content (AvgIpc) is 3.00. The lowest BCUT2D eigenvalue weighted by Crippen LogP contribution is -2.34. The smallest absolute Gasteiger partial charge is 0.255 e. The van der Waals surface area contributed by atoms with Crippen LogP contribution in [0, 0.1) is 0 Å². The number of benzene rings is 1. The molecule has 3 rings (SSSR count). The van der Waals surface area contributed by atoms with Crippen molar-refractivity contribution < 1.29 is 9.90 Å². The first-order chi connectivity index (χ1) is 10.8. The highest BCUT2D eigenvalue weighted by atomic mass is 16.3. The van der Waals surface area contributed by atoms with Crippen molar-refractivity contribution in [2.24, 2.45) is 7.05 Å². The van der Waals surface area contributed by atoms with Crippen molar-refractivity contribution in [3.8, 4) is 0 Å². The first kappa shape index (κ1) is 15.7. The number of aliphatic hydroxyl groups is 1. The summed E-state index contributed by atoms with van der Waals surface area (Å²) in [5, 5.41) is 17.7. The minimum atomic E-state index is -0.592. The molecule has 122 valence electrons. The highest BCUT2D eigenvalue weighted by molar-refractivity contribution is 5.95. The number of aliphatic hydroxyl groups excluding tert-OH is 1. The second-order valence-electron chi connectivity index (χ2n) is 7.24. The Hall–Kier alpha value is -2.14. The third-order valence-corrected chi connectivity index (χ3v) is 4.27. The van der Waals surface area contributed by atoms with Crippen molar-refractivity contribution in [1.82, 2.24) is 15.1 Å². The van der Waals surface area contributed by atoms with Gasteiger partial charge in [-0.1, -0.05) is 45.0 Å². The Morgan fingerprint density at radius 1 is 1.35 bits per heavy atom. The van der Waals surface area contributed by atoms with E-state index in [1.54, 1.807) is 10.9 Å². The zero-order valence-electron chi connectivity index (χ0n) is 14.0. The van der Waals surface area contributed by atoms with Crippen LogP contribution in [0.1, 0.15) is 54.0 Å². The third-order valence-electron chi connectivity index (χ3n) is 4.27. The van der Waals surface area contributed by atoms with E-state index in [1.807, 2.05) is 52.1 Å². The molecule has 1 aliphatic carbocycles. The number of carbonyl (C=O) groups excluding carboxylic acids is 1. The van der Waals surface area contributed by atoms with Crippen molar-refractivity contribution in [3.05, 3.63) is 52.8 Å². The fourth-order valence-electron chi connectivity index (χ4n) is 3.18. The van der Waals surface area contributed by atoms with Crippen LogP contribution >= 0.6 is 0 Å². The lowest BCUT2D eigenvalue weighted by atomic mass is 9.89. The van der Waals surface area contributed by atoms with Gasteiger partial charge in [0.05, 0.1) is 23.4 Å². The van der Waals surface area contributed by atoms with Gasteiger partial charge in [0.15, 0.2) is 0 Å². The average molecular weight is 313 g/mol. The molecule has 2 aromatic rings. The topological polar surface area (TPSA) is 67.2 Å². The molecule has 5 nitrogen and oxygen atoms in total. The molecule has 0 aliphatic heterocycles. The molecule has 0 saturated carbocycles. The van der Waals surface area contributed by atoms with Crippen molar-refractivity contribution in [2.45, 2.75) is 44.8 Å². The molecule has 5 heteroatoms. The number of amides is 1. The molecule has 1 aromatic heterocycles. The van der Waals surface area contributed by atoms with Crippen molar-refractivity contribution >= 4 is 5.91 Å². The molecule has 0 saturated heterocycles. The van der Waals surface area contributed by atoms with E-state index in [2.05, 4.69) is 10.4 Å². The second kappa shape index (κ2) is 5.49. The number of fused-ring (bicyclic) bond motifs is 1. The van der Waals surface area contributed by atoms with E-state index in [1.165, 1.54) is 0 Å². The lowest BCUT2D eigenvalue weighted by Gasteiger charge is -2.20. The summed E-state index contributed by atoms with van der Waals surface area (Å²) in [6.07, 6.45) is 1.72. The number of nitrogens with zero attached hydrogens (tertiary/aromatic N) is 2. The first-order valence-electron chi connectivity index (χ1n) is 7.88. The quantitative estimate of drug-likeness (QED) is 0.892. The number of nitrogens with one attached hydrogen (secondary N) is 1. The van der Waals surface area contributed by atoms with Gasteiger partial charge in [-0.25, -0.2) is 0 Å². The second-order valence-corrected chi connectivity index (χ2v) is 7.24. The molecule has 1 aliphatic rings. The van der Waals surface area contributed by atoms with Gasteiger partial charge in [0.2, 0.25) is 0 Å². The molecule has 0 fully saturated rings. The maximum atomic E-state index is 12.8. The van der Waals surface area contributed by atoms with Gasteiger partial charge < -0.3 is 10.4 Å². The van der Waals surface area contributed by atoms with Gasteiger partial charge in [0, 0.05) is 25.1 Å². The molecule has 2 atom stereocenters. The summed E-state index contributed by atoms with van der Waals surface area (Å²) in [7, 11) is 1.81. The molecule has 0 radical (unpaired) electrons. The molecule has 1 heterocycles. The highest BCUT2D eigenvalue weighted by Gasteiger charge is 2.34. The first-order valence-corrected chi connectivity index (χ1v) is 7.88. The molecule has 0 unspecified atom stereocenters. The van der Waals surface area contributed by atoms with E-state index in [0.717, 1.165) is 16.8 Å². The number of aryl methyl sites for hydroxylation is 1. The van der Waals surface area contributed by atoms with E-state index >= 15 is 0 Å². The summed E-state index contributed by atoms with van der Waals surface area (Å²) in [4.78, 5) is 12.8. The SMILES string of the molecule is Cn1cc(C(=O)N[C@H]2c3ccccc3C[C@H]2O)c(C(C)(C)C)n1. The van der Waals surface area contributed by atoms with Crippen LogP contribution in [0.15, 0.2) is 30.5 Å². The van der Waals surface area contributed by atoms with Gasteiger partial charge in [-0.3, -0.25) is 9.48 Å². The number of rotatable bonds is 2. The largest absolute Gasteiger partial charge is 0.390 e. The van der Waals surface area contributed by atoms with Crippen LogP contribution in [0.5, 0.6) is 0 Å². The number of carbonyl (C=O) groups is 1. The summed E-state index contributed by atoms with van der Waals surface area (Å²) in [6, 6.07) is 7.47. The van der Waals surface area contributed by atoms with Crippen LogP contribution in [-0.4, -0.2) is 26.9 Å². The van der Waals surface area contributed by atoms with Crippen molar-refractivity contribution in [1.29, 1.82) is 0 Å². The van der Waals surface area contributed by atoms with Gasteiger partial charge in [-0.2, -0.15) is 5.10 Å². The predicted octanol–water partition coefficient (Wildman–Crippen LogP) is 2.11. The van der Waals surface area contributed by atoms with Gasteiger partial charge in [-0.15, -0.1) is 0 Å². The Labute approximate surface area is 136 Å². The van der Waals surface area contributed by atoms with Crippen LogP contribution in [0.3, 0.4) is 0 Å². The maximum Gasteiger partial charge on any atom is 0.255 e. The van der Waals surface area contributed by atoms with Crippen LogP contribution in [-0.2, 0) is 18.9 Å². The fraction of sp³-hybridized carbons (Fsp3) is 0.444. The summed E-state index contributed by atoms with van der Waals surface area (Å²) >= 11 is 0. The van der Waals surface area contributed by atoms with Crippen LogP contribution < -0.4 is 5.32 Å². The molecule has 0 spiro atoms. The van der Waals surface area contributed by atoms with Crippen molar-refractivity contribution in [3.63, 3.8) is 0 Å². The number of hydrogen-bond acceptors (Lipinski definition) is 3. The van der Waals surface area contributed by atoms with Gasteiger partial charge >= 0.3 is 0 Å². The minimum absolute atomic E-state index is 0.191. The zero-order valence-corrected chi connectivity index (χ0v) is 14.0. The minimum Gasteiger partial charge on any atom is -0.390 e. The predicted molar refractivity (Wildman–Crippen MR) is 88.3 cm³/mol. The molecular formula is C18H23N3O2. The van der Waals surface area contributed by atoms with Crippen molar-refractivity contribution in [2.75, 3.05) is 0 Å². The van der Waals surface area contributed by atoms with E-state index < -0.39 is 6.10 Å². The standard InChI is InChI=1S/C18H23N3O2/c1-18(2,3)16-13(10-21(4)20-16)17(23)19-15-12-8-6-5-7-11(12)9-14(15)22/h5-8,10,14-15,22H,9H2,1-4H3,(H,19,23)/t14-,15+/m1/s1. The summed E-state index contributed by atoms with van der Waals surface area (Å²) in [5.41, 5.74) is 3.19. The van der Waals surface area contributed by atoms with Gasteiger partial charge in [0.1, 0.15) is 0 Å². The lowest BCUT2D eigenvalue weighted by molar-refractivity contribution is 0.0856. The Kier molecular flexibility index (Phi) is 3.76. The Morgan fingerprint density at radius 2 is 2.04 bits per heavy atom. The Morgan fingerprint density at radius 3 is 2.74 bits per heavy atom. The van der Waals surface area contributed by atoms with E-state index in [4.69, 9.17) is 0 Å². The van der Waals surface area contributed by atoms with Gasteiger partial charge in [0.25, 0.3) is 5.91 Å². The normalized spacial score (nSPS) is 20.4. The Bertz CT molecular complexity index is 743. The van der Waals surface area contributed by atoms with E-state index in [-0.39, 0.29) is 17.4 Å². The molecular weight excluding hydrogens is 290 g/mol. The summed E-state index contributed by atoms with van der Waals surface area (Å²) in [6.45, 7) is 6.10. The van der Waals surface area contributed by atoms with Gasteiger partial charge in [-0.05, 0) is 11.1 Å². The molecule has 2 N–H and O–H groups in total. The number of aromatic nitrogens is 2. The van der Waals surface area contributed by atoms with Crippen LogP contribution in [0.25, 0.3) is 0 Å². The molecule has 0 bridgehead atoms. The maximum absolute atomic E-state index is 12.8. The zero-order chi connectivity index (χ0) is 16.8. The monoisotopic (exact) mass is 313 g/mol. The highest BCUT2D eigenvalue weighted by Crippen LogP contribution is 2.32. The Balaban J connectivity index is 1.89. The molecule has 1 aromatic carbocycles. The van der Waals surface area contributed by atoms with E-state index in [0.29, 0.717) is 12.0 Å². The molecule has 1 amide bonds. The number of hydrogen-bond donors (Lipinski definition) is 2. The molecule has 23 heavy (non-hydrogen) atoms. The van der Waals surface area contributed by atoms with Crippen LogP contribution in [0.4, 0.5) is 0 Å². The summed E-state index contributed by atoms with van der Waals surface area (Å²) < 4.78 is 1.66.